The number of anilines is 1. The highest BCUT2D eigenvalue weighted by molar-refractivity contribution is 5.92. The van der Waals surface area contributed by atoms with Crippen molar-refractivity contribution >= 4 is 11.7 Å². The highest BCUT2D eigenvalue weighted by Crippen LogP contribution is 2.33. The summed E-state index contributed by atoms with van der Waals surface area (Å²) in [5.41, 5.74) is 5.70. The summed E-state index contributed by atoms with van der Waals surface area (Å²) in [5, 5.41) is 2.91. The summed E-state index contributed by atoms with van der Waals surface area (Å²) in [6.45, 7) is 2.12. The fourth-order valence-electron chi connectivity index (χ4n) is 1.57. The fourth-order valence-corrected chi connectivity index (χ4v) is 1.57. The Morgan fingerprint density at radius 2 is 2.40 bits per heavy atom. The Kier molecular flexibility index (Phi) is 2.53. The predicted octanol–water partition coefficient (Wildman–Crippen LogP) is 0.587. The Labute approximate surface area is 88.1 Å². The lowest BCUT2D eigenvalue weighted by atomic mass is 10.3. The lowest BCUT2D eigenvalue weighted by Gasteiger charge is -2.02. The molecule has 1 aliphatic carbocycles. The van der Waals surface area contributed by atoms with Crippen LogP contribution in [-0.4, -0.2) is 21.9 Å². The summed E-state index contributed by atoms with van der Waals surface area (Å²) in [5.74, 6) is 0.795. The van der Waals surface area contributed by atoms with E-state index in [2.05, 4.69) is 22.2 Å². The molecule has 1 amide bonds. The first-order chi connectivity index (χ1) is 7.20. The van der Waals surface area contributed by atoms with E-state index in [0.717, 1.165) is 12.8 Å². The summed E-state index contributed by atoms with van der Waals surface area (Å²) >= 11 is 0. The van der Waals surface area contributed by atoms with E-state index in [-0.39, 0.29) is 5.91 Å². The van der Waals surface area contributed by atoms with Crippen LogP contribution in [-0.2, 0) is 0 Å². The van der Waals surface area contributed by atoms with Crippen molar-refractivity contribution in [3.63, 3.8) is 0 Å². The van der Waals surface area contributed by atoms with Gasteiger partial charge in [-0.1, -0.05) is 13.3 Å². The fraction of sp³-hybridized carbons (Fsp3) is 0.500. The van der Waals surface area contributed by atoms with Crippen molar-refractivity contribution in [2.24, 2.45) is 5.92 Å². The van der Waals surface area contributed by atoms with Gasteiger partial charge in [0.05, 0.1) is 12.4 Å². The Balaban J connectivity index is 1.94. The summed E-state index contributed by atoms with van der Waals surface area (Å²) in [6.07, 6.45) is 4.97. The van der Waals surface area contributed by atoms with Crippen LogP contribution >= 0.6 is 0 Å². The minimum Gasteiger partial charge on any atom is -0.382 e. The van der Waals surface area contributed by atoms with Gasteiger partial charge in [-0.2, -0.15) is 0 Å². The van der Waals surface area contributed by atoms with Crippen LogP contribution in [0.15, 0.2) is 12.4 Å². The maximum absolute atomic E-state index is 11.6. The smallest absolute Gasteiger partial charge is 0.271 e. The number of amides is 1. The molecular weight excluding hydrogens is 192 g/mol. The zero-order valence-corrected chi connectivity index (χ0v) is 8.60. The predicted molar refractivity (Wildman–Crippen MR) is 56.1 cm³/mol. The molecule has 0 aromatic carbocycles. The van der Waals surface area contributed by atoms with Gasteiger partial charge in [0.1, 0.15) is 11.5 Å². The molecule has 1 aromatic rings. The van der Waals surface area contributed by atoms with E-state index in [1.54, 1.807) is 0 Å². The molecule has 1 heterocycles. The first kappa shape index (κ1) is 9.89. The van der Waals surface area contributed by atoms with Crippen LogP contribution in [0.4, 0.5) is 5.82 Å². The molecule has 5 nitrogen and oxygen atoms in total. The first-order valence-corrected chi connectivity index (χ1v) is 5.09. The molecule has 2 atom stereocenters. The number of rotatable bonds is 3. The van der Waals surface area contributed by atoms with Crippen LogP contribution in [0.3, 0.4) is 0 Å². The van der Waals surface area contributed by atoms with Gasteiger partial charge in [0.2, 0.25) is 0 Å². The third-order valence-electron chi connectivity index (χ3n) is 2.67. The topological polar surface area (TPSA) is 80.9 Å². The zero-order valence-electron chi connectivity index (χ0n) is 8.60. The van der Waals surface area contributed by atoms with Crippen molar-refractivity contribution in [3.8, 4) is 0 Å². The number of carbonyl (C=O) groups excluding carboxylic acids is 1. The Bertz CT molecular complexity index is 362. The molecule has 15 heavy (non-hydrogen) atoms. The Morgan fingerprint density at radius 3 is 2.93 bits per heavy atom. The van der Waals surface area contributed by atoms with Gasteiger partial charge in [-0.05, 0) is 12.3 Å². The Hall–Kier alpha value is -1.65. The molecule has 1 aromatic heterocycles. The maximum Gasteiger partial charge on any atom is 0.271 e. The quantitative estimate of drug-likeness (QED) is 0.758. The molecule has 3 N–H and O–H groups in total. The number of nitrogens with one attached hydrogen (secondary N) is 1. The minimum absolute atomic E-state index is 0.163. The van der Waals surface area contributed by atoms with Crippen LogP contribution in [0.5, 0.6) is 0 Å². The second kappa shape index (κ2) is 3.84. The van der Waals surface area contributed by atoms with Gasteiger partial charge in [0.25, 0.3) is 5.91 Å². The first-order valence-electron chi connectivity index (χ1n) is 5.09. The number of nitrogens with zero attached hydrogens (tertiary/aromatic N) is 2. The van der Waals surface area contributed by atoms with Gasteiger partial charge >= 0.3 is 0 Å². The number of aromatic nitrogens is 2. The second-order valence-corrected chi connectivity index (χ2v) is 3.81. The summed E-state index contributed by atoms with van der Waals surface area (Å²) in [7, 11) is 0. The average molecular weight is 206 g/mol. The largest absolute Gasteiger partial charge is 0.382 e. The van der Waals surface area contributed by atoms with E-state index in [1.807, 2.05) is 0 Å². The molecule has 80 valence electrons. The van der Waals surface area contributed by atoms with Crippen LogP contribution in [0.1, 0.15) is 30.3 Å². The van der Waals surface area contributed by atoms with Gasteiger partial charge in [-0.25, -0.2) is 9.97 Å². The highest BCUT2D eigenvalue weighted by atomic mass is 16.2. The van der Waals surface area contributed by atoms with Crippen LogP contribution in [0.2, 0.25) is 0 Å². The molecule has 0 radical (unpaired) electrons. The van der Waals surface area contributed by atoms with Crippen LogP contribution < -0.4 is 11.1 Å². The van der Waals surface area contributed by atoms with Gasteiger partial charge < -0.3 is 11.1 Å². The summed E-state index contributed by atoms with van der Waals surface area (Å²) in [4.78, 5) is 19.3. The van der Waals surface area contributed by atoms with E-state index < -0.39 is 0 Å². The van der Waals surface area contributed by atoms with Crippen molar-refractivity contribution in [2.45, 2.75) is 25.8 Å². The lowest BCUT2D eigenvalue weighted by Crippen LogP contribution is -2.27. The van der Waals surface area contributed by atoms with E-state index in [4.69, 9.17) is 5.73 Å². The molecule has 0 saturated heterocycles. The maximum atomic E-state index is 11.6. The van der Waals surface area contributed by atoms with Crippen molar-refractivity contribution in [1.82, 2.24) is 15.3 Å². The normalized spacial score (nSPS) is 23.5. The molecular formula is C10H14N4O. The average Bonchev–Trinajstić information content (AvgIpc) is 2.97. The molecule has 0 bridgehead atoms. The SMILES string of the molecule is CCC1CC1NC(=O)c1cnc(N)cn1. The number of hydrogen-bond donors (Lipinski definition) is 2. The third-order valence-corrected chi connectivity index (χ3v) is 2.67. The summed E-state index contributed by atoms with van der Waals surface area (Å²) in [6, 6.07) is 0.321. The van der Waals surface area contributed by atoms with Gasteiger partial charge in [-0.3, -0.25) is 4.79 Å². The van der Waals surface area contributed by atoms with E-state index in [0.29, 0.717) is 23.5 Å². The number of nitrogens with two attached hydrogens (primary N) is 1. The van der Waals surface area contributed by atoms with Crippen LogP contribution in [0, 0.1) is 5.92 Å². The van der Waals surface area contributed by atoms with Crippen molar-refractivity contribution in [2.75, 3.05) is 5.73 Å². The summed E-state index contributed by atoms with van der Waals surface area (Å²) < 4.78 is 0. The molecule has 1 fully saturated rings. The van der Waals surface area contributed by atoms with E-state index in [1.165, 1.54) is 12.4 Å². The van der Waals surface area contributed by atoms with Crippen molar-refractivity contribution < 1.29 is 4.79 Å². The van der Waals surface area contributed by atoms with Gasteiger partial charge in [0.15, 0.2) is 0 Å². The molecule has 5 heteroatoms. The molecule has 0 aliphatic heterocycles. The van der Waals surface area contributed by atoms with Crippen molar-refractivity contribution in [3.05, 3.63) is 18.1 Å². The molecule has 0 spiro atoms. The van der Waals surface area contributed by atoms with Gasteiger partial charge in [-0.15, -0.1) is 0 Å². The van der Waals surface area contributed by atoms with Crippen molar-refractivity contribution in [1.29, 1.82) is 0 Å². The Morgan fingerprint density at radius 1 is 1.60 bits per heavy atom. The monoisotopic (exact) mass is 206 g/mol. The zero-order chi connectivity index (χ0) is 10.8. The lowest BCUT2D eigenvalue weighted by molar-refractivity contribution is 0.0943. The number of carbonyl (C=O) groups is 1. The standard InChI is InChI=1S/C10H14N4O/c1-2-6-3-7(6)14-10(15)8-4-13-9(11)5-12-8/h4-7H,2-3H2,1H3,(H2,11,13)(H,14,15). The molecule has 2 rings (SSSR count). The van der Waals surface area contributed by atoms with Gasteiger partial charge in [0, 0.05) is 6.04 Å². The van der Waals surface area contributed by atoms with E-state index >= 15 is 0 Å². The van der Waals surface area contributed by atoms with Crippen LogP contribution in [0.25, 0.3) is 0 Å². The second-order valence-electron chi connectivity index (χ2n) is 3.81. The van der Waals surface area contributed by atoms with E-state index in [9.17, 15) is 4.79 Å². The minimum atomic E-state index is -0.163. The molecule has 1 saturated carbocycles. The third kappa shape index (κ3) is 2.23. The number of nitrogen functional groups attached to an aromatic ring is 1. The number of hydrogen-bond acceptors (Lipinski definition) is 4. The highest BCUT2D eigenvalue weighted by Gasteiger charge is 2.36. The molecule has 1 aliphatic rings. The molecule has 2 unspecified atom stereocenters.